The molecule has 1 aromatic rings. The van der Waals surface area contributed by atoms with Crippen LogP contribution >= 0.6 is 15.9 Å². The van der Waals surface area contributed by atoms with Crippen LogP contribution in [0.15, 0.2) is 28.7 Å². The van der Waals surface area contributed by atoms with Crippen LogP contribution in [0, 0.1) is 5.41 Å². The zero-order valence-electron chi connectivity index (χ0n) is 10.1. The summed E-state index contributed by atoms with van der Waals surface area (Å²) in [7, 11) is 0. The number of benzene rings is 1. The molecule has 1 saturated heterocycles. The van der Waals surface area contributed by atoms with E-state index >= 15 is 0 Å². The standard InChI is InChI=1S/C13H17BrN2O/c1-13(2)11(15)7-8-16(12(13)17)10-6-4-3-5-9(10)14/h3-6,11H,7-8,15H2,1-2H3. The van der Waals surface area contributed by atoms with Crippen molar-refractivity contribution in [3.8, 4) is 0 Å². The SMILES string of the molecule is CC1(C)C(=O)N(c2ccccc2Br)CCC1N. The highest BCUT2D eigenvalue weighted by Crippen LogP contribution is 2.35. The summed E-state index contributed by atoms with van der Waals surface area (Å²) < 4.78 is 0.944. The van der Waals surface area contributed by atoms with Gasteiger partial charge < -0.3 is 10.6 Å². The number of nitrogens with zero attached hydrogens (tertiary/aromatic N) is 1. The summed E-state index contributed by atoms with van der Waals surface area (Å²) in [6, 6.07) is 7.72. The van der Waals surface area contributed by atoms with Gasteiger partial charge in [0.1, 0.15) is 0 Å². The highest BCUT2D eigenvalue weighted by molar-refractivity contribution is 9.10. The molecule has 3 nitrogen and oxygen atoms in total. The fourth-order valence-corrected chi connectivity index (χ4v) is 2.64. The fourth-order valence-electron chi connectivity index (χ4n) is 2.14. The second-order valence-corrected chi connectivity index (χ2v) is 5.88. The molecule has 1 aliphatic heterocycles. The number of hydrogen-bond donors (Lipinski definition) is 1. The molecule has 1 unspecified atom stereocenters. The summed E-state index contributed by atoms with van der Waals surface area (Å²) in [6.07, 6.45) is 0.833. The Balaban J connectivity index is 2.36. The number of nitrogens with two attached hydrogens (primary N) is 1. The van der Waals surface area contributed by atoms with Gasteiger partial charge in [0.2, 0.25) is 5.91 Å². The second kappa shape index (κ2) is 4.42. The first kappa shape index (κ1) is 12.6. The lowest BCUT2D eigenvalue weighted by molar-refractivity contribution is -0.129. The van der Waals surface area contributed by atoms with Gasteiger partial charge in [-0.1, -0.05) is 12.1 Å². The molecular weight excluding hydrogens is 280 g/mol. The molecule has 92 valence electrons. The van der Waals surface area contributed by atoms with Crippen LogP contribution in [0.4, 0.5) is 5.69 Å². The van der Waals surface area contributed by atoms with Crippen LogP contribution in [0.5, 0.6) is 0 Å². The Hall–Kier alpha value is -0.870. The van der Waals surface area contributed by atoms with Crippen molar-refractivity contribution in [3.63, 3.8) is 0 Å². The third-order valence-electron chi connectivity index (χ3n) is 3.53. The molecule has 1 heterocycles. The normalized spacial score (nSPS) is 23.9. The smallest absolute Gasteiger partial charge is 0.234 e. The molecule has 0 saturated carbocycles. The van der Waals surface area contributed by atoms with Crippen molar-refractivity contribution in [2.75, 3.05) is 11.4 Å². The number of halogens is 1. The van der Waals surface area contributed by atoms with Gasteiger partial charge in [0, 0.05) is 17.1 Å². The minimum absolute atomic E-state index is 0.0614. The molecule has 0 aromatic heterocycles. The average molecular weight is 297 g/mol. The van der Waals surface area contributed by atoms with E-state index in [4.69, 9.17) is 5.73 Å². The van der Waals surface area contributed by atoms with E-state index in [-0.39, 0.29) is 11.9 Å². The maximum Gasteiger partial charge on any atom is 0.234 e. The molecular formula is C13H17BrN2O. The van der Waals surface area contributed by atoms with E-state index in [0.717, 1.165) is 16.6 Å². The van der Waals surface area contributed by atoms with E-state index in [1.807, 2.05) is 43.0 Å². The Bertz CT molecular complexity index is 445. The van der Waals surface area contributed by atoms with Gasteiger partial charge in [-0.3, -0.25) is 4.79 Å². The number of rotatable bonds is 1. The number of carbonyl (C=O) groups is 1. The van der Waals surface area contributed by atoms with Crippen LogP contribution in [-0.2, 0) is 4.79 Å². The predicted octanol–water partition coefficient (Wildman–Crippen LogP) is 2.54. The number of piperidine rings is 1. The van der Waals surface area contributed by atoms with Crippen LogP contribution < -0.4 is 10.6 Å². The van der Waals surface area contributed by atoms with Crippen LogP contribution in [0.1, 0.15) is 20.3 Å². The molecule has 0 spiro atoms. The van der Waals surface area contributed by atoms with Crippen molar-refractivity contribution >= 4 is 27.5 Å². The molecule has 2 N–H and O–H groups in total. The van der Waals surface area contributed by atoms with Gasteiger partial charge in [-0.05, 0) is 48.3 Å². The Labute approximate surface area is 110 Å². The molecule has 1 fully saturated rings. The van der Waals surface area contributed by atoms with Crippen LogP contribution in [0.2, 0.25) is 0 Å². The van der Waals surface area contributed by atoms with Gasteiger partial charge in [-0.25, -0.2) is 0 Å². The van der Waals surface area contributed by atoms with E-state index in [2.05, 4.69) is 15.9 Å². The molecule has 2 rings (SSSR count). The van der Waals surface area contributed by atoms with Crippen molar-refractivity contribution in [2.24, 2.45) is 11.1 Å². The molecule has 0 radical (unpaired) electrons. The maximum atomic E-state index is 12.4. The highest BCUT2D eigenvalue weighted by Gasteiger charge is 2.42. The lowest BCUT2D eigenvalue weighted by atomic mass is 9.78. The van der Waals surface area contributed by atoms with E-state index < -0.39 is 5.41 Å². The molecule has 4 heteroatoms. The van der Waals surface area contributed by atoms with E-state index in [0.29, 0.717) is 6.54 Å². The minimum Gasteiger partial charge on any atom is -0.327 e. The van der Waals surface area contributed by atoms with Crippen molar-refractivity contribution in [1.29, 1.82) is 0 Å². The zero-order chi connectivity index (χ0) is 12.6. The molecule has 17 heavy (non-hydrogen) atoms. The third-order valence-corrected chi connectivity index (χ3v) is 4.20. The quantitative estimate of drug-likeness (QED) is 0.866. The molecule has 0 bridgehead atoms. The first-order chi connectivity index (χ1) is 7.94. The Morgan fingerprint density at radius 2 is 2.06 bits per heavy atom. The summed E-state index contributed by atoms with van der Waals surface area (Å²) in [5.41, 5.74) is 6.46. The summed E-state index contributed by atoms with van der Waals surface area (Å²) in [6.45, 7) is 4.53. The molecule has 1 aromatic carbocycles. The lowest BCUT2D eigenvalue weighted by Gasteiger charge is -2.41. The monoisotopic (exact) mass is 296 g/mol. The second-order valence-electron chi connectivity index (χ2n) is 5.03. The van der Waals surface area contributed by atoms with Gasteiger partial charge in [0.25, 0.3) is 0 Å². The van der Waals surface area contributed by atoms with E-state index in [1.165, 1.54) is 0 Å². The van der Waals surface area contributed by atoms with Gasteiger partial charge in [-0.15, -0.1) is 0 Å². The zero-order valence-corrected chi connectivity index (χ0v) is 11.7. The highest BCUT2D eigenvalue weighted by atomic mass is 79.9. The average Bonchev–Trinajstić information content (AvgIpc) is 2.29. The summed E-state index contributed by atoms with van der Waals surface area (Å²) in [4.78, 5) is 14.3. The number of anilines is 1. The first-order valence-corrected chi connectivity index (χ1v) is 6.56. The number of para-hydroxylation sites is 1. The van der Waals surface area contributed by atoms with Gasteiger partial charge in [0.05, 0.1) is 11.1 Å². The van der Waals surface area contributed by atoms with E-state index in [1.54, 1.807) is 0 Å². The molecule has 1 amide bonds. The number of amides is 1. The number of hydrogen-bond acceptors (Lipinski definition) is 2. The summed E-state index contributed by atoms with van der Waals surface area (Å²) in [5, 5.41) is 0. The fraction of sp³-hybridized carbons (Fsp3) is 0.462. The van der Waals surface area contributed by atoms with Crippen molar-refractivity contribution < 1.29 is 4.79 Å². The van der Waals surface area contributed by atoms with Crippen LogP contribution in [0.3, 0.4) is 0 Å². The van der Waals surface area contributed by atoms with Crippen molar-refractivity contribution in [2.45, 2.75) is 26.3 Å². The minimum atomic E-state index is -0.493. The van der Waals surface area contributed by atoms with Gasteiger partial charge in [-0.2, -0.15) is 0 Å². The Morgan fingerprint density at radius 3 is 2.71 bits per heavy atom. The summed E-state index contributed by atoms with van der Waals surface area (Å²) >= 11 is 3.49. The largest absolute Gasteiger partial charge is 0.327 e. The van der Waals surface area contributed by atoms with E-state index in [9.17, 15) is 4.79 Å². The van der Waals surface area contributed by atoms with Crippen LogP contribution in [-0.4, -0.2) is 18.5 Å². The molecule has 0 aliphatic carbocycles. The third kappa shape index (κ3) is 2.11. The lowest BCUT2D eigenvalue weighted by Crippen LogP contribution is -2.56. The number of carbonyl (C=O) groups excluding carboxylic acids is 1. The molecule has 1 aliphatic rings. The molecule has 1 atom stereocenters. The van der Waals surface area contributed by atoms with Gasteiger partial charge >= 0.3 is 0 Å². The topological polar surface area (TPSA) is 46.3 Å². The first-order valence-electron chi connectivity index (χ1n) is 5.76. The van der Waals surface area contributed by atoms with Crippen molar-refractivity contribution in [3.05, 3.63) is 28.7 Å². The van der Waals surface area contributed by atoms with Gasteiger partial charge in [0.15, 0.2) is 0 Å². The van der Waals surface area contributed by atoms with Crippen LogP contribution in [0.25, 0.3) is 0 Å². The maximum absolute atomic E-state index is 12.4. The predicted molar refractivity (Wildman–Crippen MR) is 72.9 cm³/mol. The van der Waals surface area contributed by atoms with Crippen molar-refractivity contribution in [1.82, 2.24) is 0 Å². The Kier molecular flexibility index (Phi) is 3.27. The summed E-state index contributed by atoms with van der Waals surface area (Å²) in [5.74, 6) is 0.100. The Morgan fingerprint density at radius 1 is 1.41 bits per heavy atom.